The SMILES string of the molecule is Cc1cc(C)cc(N(C)C(=O)COc2ccccc2N(CC(=O)N(C)c2ccccc2)C(=O)CNC(=O)Nc2cccc(N(C)C)c2)c1. The van der Waals surface area contributed by atoms with Crippen LogP contribution in [0.25, 0.3) is 0 Å². The second-order valence-corrected chi connectivity index (χ2v) is 11.6. The molecule has 2 N–H and O–H groups in total. The van der Waals surface area contributed by atoms with Gasteiger partial charge in [-0.05, 0) is 79.6 Å². The van der Waals surface area contributed by atoms with E-state index in [-0.39, 0.29) is 36.4 Å². The lowest BCUT2D eigenvalue weighted by molar-refractivity contribution is -0.121. The number of amides is 5. The highest BCUT2D eigenvalue weighted by atomic mass is 16.5. The summed E-state index contributed by atoms with van der Waals surface area (Å²) >= 11 is 0. The molecule has 0 bridgehead atoms. The molecule has 4 aromatic rings. The monoisotopic (exact) mass is 650 g/mol. The van der Waals surface area contributed by atoms with Crippen molar-refractivity contribution in [3.05, 3.63) is 108 Å². The van der Waals surface area contributed by atoms with Crippen LogP contribution in [0.15, 0.2) is 97.1 Å². The van der Waals surface area contributed by atoms with E-state index in [1.54, 1.807) is 62.6 Å². The Hall–Kier alpha value is -5.84. The molecule has 48 heavy (non-hydrogen) atoms. The molecule has 0 aromatic heterocycles. The Balaban J connectivity index is 1.53. The number of hydrogen-bond donors (Lipinski definition) is 2. The summed E-state index contributed by atoms with van der Waals surface area (Å²) in [5.74, 6) is -1.01. The Kier molecular flexibility index (Phi) is 11.8. The second-order valence-electron chi connectivity index (χ2n) is 11.6. The molecule has 11 heteroatoms. The number of urea groups is 1. The lowest BCUT2D eigenvalue weighted by atomic mass is 10.1. The van der Waals surface area contributed by atoms with Crippen molar-refractivity contribution in [3.8, 4) is 5.75 Å². The fourth-order valence-electron chi connectivity index (χ4n) is 4.96. The molecule has 0 fully saturated rings. The molecule has 0 aliphatic carbocycles. The van der Waals surface area contributed by atoms with E-state index in [9.17, 15) is 19.2 Å². The fraction of sp³-hybridized carbons (Fsp3) is 0.243. The zero-order valence-electron chi connectivity index (χ0n) is 28.2. The molecule has 5 amide bonds. The van der Waals surface area contributed by atoms with Crippen molar-refractivity contribution in [1.29, 1.82) is 0 Å². The summed E-state index contributed by atoms with van der Waals surface area (Å²) < 4.78 is 5.98. The predicted octanol–water partition coefficient (Wildman–Crippen LogP) is 5.23. The minimum absolute atomic E-state index is 0.230. The van der Waals surface area contributed by atoms with Crippen LogP contribution in [0.2, 0.25) is 0 Å². The number of anilines is 5. The highest BCUT2D eigenvalue weighted by Gasteiger charge is 2.25. The number of likely N-dealkylation sites (N-methyl/N-ethyl adjacent to an activating group) is 2. The second kappa shape index (κ2) is 16.1. The molecule has 0 heterocycles. The maximum absolute atomic E-state index is 13.8. The first kappa shape index (κ1) is 35.0. The average molecular weight is 651 g/mol. The quantitative estimate of drug-likeness (QED) is 0.217. The summed E-state index contributed by atoms with van der Waals surface area (Å²) in [6.45, 7) is 2.85. The molecule has 0 atom stereocenters. The van der Waals surface area contributed by atoms with Gasteiger partial charge in [0.2, 0.25) is 11.8 Å². The maximum atomic E-state index is 13.8. The van der Waals surface area contributed by atoms with Gasteiger partial charge in [0.15, 0.2) is 6.61 Å². The van der Waals surface area contributed by atoms with Gasteiger partial charge in [-0.1, -0.05) is 42.5 Å². The van der Waals surface area contributed by atoms with E-state index in [4.69, 9.17) is 4.74 Å². The van der Waals surface area contributed by atoms with Gasteiger partial charge in [-0.2, -0.15) is 0 Å². The molecule has 4 rings (SSSR count). The van der Waals surface area contributed by atoms with Crippen molar-refractivity contribution in [2.24, 2.45) is 0 Å². The van der Waals surface area contributed by atoms with Crippen LogP contribution in [-0.4, -0.2) is 71.6 Å². The smallest absolute Gasteiger partial charge is 0.319 e. The molecular weight excluding hydrogens is 608 g/mol. The molecule has 4 aromatic carbocycles. The van der Waals surface area contributed by atoms with E-state index in [1.807, 2.05) is 81.4 Å². The number of aryl methyl sites for hydroxylation is 2. The molecule has 0 saturated heterocycles. The Morgan fingerprint density at radius 1 is 0.646 bits per heavy atom. The zero-order chi connectivity index (χ0) is 34.8. The molecule has 0 radical (unpaired) electrons. The number of carbonyl (C=O) groups excluding carboxylic acids is 4. The highest BCUT2D eigenvalue weighted by Crippen LogP contribution is 2.29. The van der Waals surface area contributed by atoms with E-state index in [1.165, 1.54) is 14.7 Å². The van der Waals surface area contributed by atoms with Crippen molar-refractivity contribution in [3.63, 3.8) is 0 Å². The average Bonchev–Trinajstić information content (AvgIpc) is 3.08. The molecule has 0 spiro atoms. The van der Waals surface area contributed by atoms with Crippen LogP contribution in [0.5, 0.6) is 5.75 Å². The maximum Gasteiger partial charge on any atom is 0.319 e. The summed E-state index contributed by atoms with van der Waals surface area (Å²) in [5, 5.41) is 5.33. The number of rotatable bonds is 12. The van der Waals surface area contributed by atoms with Crippen molar-refractivity contribution < 1.29 is 23.9 Å². The minimum Gasteiger partial charge on any atom is -0.482 e. The van der Waals surface area contributed by atoms with E-state index in [2.05, 4.69) is 10.6 Å². The Morgan fingerprint density at radius 3 is 1.96 bits per heavy atom. The van der Waals surface area contributed by atoms with Gasteiger partial charge in [-0.3, -0.25) is 19.3 Å². The number of benzene rings is 4. The van der Waals surface area contributed by atoms with Gasteiger partial charge in [-0.25, -0.2) is 4.79 Å². The highest BCUT2D eigenvalue weighted by molar-refractivity contribution is 6.06. The third-order valence-corrected chi connectivity index (χ3v) is 7.61. The minimum atomic E-state index is -0.587. The van der Waals surface area contributed by atoms with E-state index < -0.39 is 18.5 Å². The van der Waals surface area contributed by atoms with Crippen molar-refractivity contribution in [2.45, 2.75) is 13.8 Å². The first-order valence-electron chi connectivity index (χ1n) is 15.4. The Morgan fingerprint density at radius 2 is 1.27 bits per heavy atom. The molecule has 0 saturated carbocycles. The third-order valence-electron chi connectivity index (χ3n) is 7.61. The van der Waals surface area contributed by atoms with Gasteiger partial charge < -0.3 is 30.1 Å². The predicted molar refractivity (Wildman–Crippen MR) is 191 cm³/mol. The molecule has 0 aliphatic rings. The number of nitrogens with zero attached hydrogens (tertiary/aromatic N) is 4. The Labute approximate surface area is 281 Å². The molecular formula is C37H42N6O5. The van der Waals surface area contributed by atoms with Crippen LogP contribution in [0.4, 0.5) is 33.2 Å². The van der Waals surface area contributed by atoms with Crippen LogP contribution >= 0.6 is 0 Å². The summed E-state index contributed by atoms with van der Waals surface area (Å²) in [6.07, 6.45) is 0. The van der Waals surface area contributed by atoms with E-state index in [0.717, 1.165) is 22.5 Å². The van der Waals surface area contributed by atoms with Crippen LogP contribution < -0.4 is 35.0 Å². The standard InChI is InChI=1S/C37H42N6O5/c1-26-19-27(2)21-31(20-26)42(6)36(46)25-48-33-18-11-10-17-32(33)43(24-35(45)41(5)29-14-8-7-9-15-29)34(44)23-38-37(47)39-28-13-12-16-30(22-28)40(3)4/h7-22H,23-25H2,1-6H3,(H2,38,39,47). The molecule has 11 nitrogen and oxygen atoms in total. The van der Waals surface area contributed by atoms with Gasteiger partial charge in [-0.15, -0.1) is 0 Å². The normalized spacial score (nSPS) is 10.5. The van der Waals surface area contributed by atoms with Gasteiger partial charge in [0.05, 0.1) is 12.2 Å². The molecule has 0 aliphatic heterocycles. The summed E-state index contributed by atoms with van der Waals surface area (Å²) in [7, 11) is 7.08. The lowest BCUT2D eigenvalue weighted by Gasteiger charge is -2.27. The fourth-order valence-corrected chi connectivity index (χ4v) is 4.96. The van der Waals surface area contributed by atoms with Gasteiger partial charge in [0.1, 0.15) is 12.3 Å². The van der Waals surface area contributed by atoms with Crippen LogP contribution in [0.1, 0.15) is 11.1 Å². The van der Waals surface area contributed by atoms with Gasteiger partial charge in [0.25, 0.3) is 5.91 Å². The molecule has 0 unspecified atom stereocenters. The summed E-state index contributed by atoms with van der Waals surface area (Å²) in [6, 6.07) is 28.3. The van der Waals surface area contributed by atoms with Crippen LogP contribution in [0.3, 0.4) is 0 Å². The zero-order valence-corrected chi connectivity index (χ0v) is 28.2. The molecule has 250 valence electrons. The number of carbonyl (C=O) groups is 4. The van der Waals surface area contributed by atoms with Crippen molar-refractivity contribution >= 4 is 52.2 Å². The Bertz CT molecular complexity index is 1740. The van der Waals surface area contributed by atoms with Gasteiger partial charge in [0, 0.05) is 50.9 Å². The van der Waals surface area contributed by atoms with Crippen molar-refractivity contribution in [1.82, 2.24) is 5.32 Å². The number of para-hydroxylation sites is 3. The summed E-state index contributed by atoms with van der Waals surface area (Å²) in [4.78, 5) is 59.3. The number of ether oxygens (including phenoxy) is 1. The largest absolute Gasteiger partial charge is 0.482 e. The summed E-state index contributed by atoms with van der Waals surface area (Å²) in [5.41, 5.74) is 5.16. The first-order valence-corrected chi connectivity index (χ1v) is 15.4. The number of nitrogens with one attached hydrogen (secondary N) is 2. The first-order chi connectivity index (χ1) is 22.9. The van der Waals surface area contributed by atoms with Crippen molar-refractivity contribution in [2.75, 3.05) is 72.8 Å². The van der Waals surface area contributed by atoms with E-state index in [0.29, 0.717) is 11.4 Å². The van der Waals surface area contributed by atoms with E-state index >= 15 is 0 Å². The third kappa shape index (κ3) is 9.35. The van der Waals surface area contributed by atoms with Crippen LogP contribution in [-0.2, 0) is 14.4 Å². The van der Waals surface area contributed by atoms with Crippen LogP contribution in [0, 0.1) is 13.8 Å². The number of hydrogen-bond acceptors (Lipinski definition) is 6. The lowest BCUT2D eigenvalue weighted by Crippen LogP contribution is -2.46. The van der Waals surface area contributed by atoms with Gasteiger partial charge >= 0.3 is 6.03 Å². The topological polar surface area (TPSA) is 115 Å².